The maximum atomic E-state index is 12.0. The van der Waals surface area contributed by atoms with Gasteiger partial charge in [-0.05, 0) is 24.4 Å². The lowest BCUT2D eigenvalue weighted by Gasteiger charge is -2.27. The lowest BCUT2D eigenvalue weighted by Crippen LogP contribution is -2.35. The fourth-order valence-electron chi connectivity index (χ4n) is 1.96. The smallest absolute Gasteiger partial charge is 0.184 e. The molecule has 0 radical (unpaired) electrons. The summed E-state index contributed by atoms with van der Waals surface area (Å²) in [5, 5.41) is 2.57. The van der Waals surface area contributed by atoms with Gasteiger partial charge in [-0.25, -0.2) is 13.4 Å². The average molecular weight is 290 g/mol. The third-order valence-electron chi connectivity index (χ3n) is 2.98. The van der Waals surface area contributed by atoms with Gasteiger partial charge in [0.25, 0.3) is 0 Å². The summed E-state index contributed by atoms with van der Waals surface area (Å²) < 4.78 is 27.9. The van der Waals surface area contributed by atoms with Gasteiger partial charge in [-0.15, -0.1) is 0 Å². The Hall–Kier alpha value is -0.860. The van der Waals surface area contributed by atoms with E-state index in [4.69, 9.17) is 5.73 Å². The van der Waals surface area contributed by atoms with Crippen LogP contribution in [0.1, 0.15) is 26.2 Å². The van der Waals surface area contributed by atoms with Crippen LogP contribution in [0.15, 0.2) is 4.90 Å². The zero-order valence-corrected chi connectivity index (χ0v) is 12.0. The molecule has 0 saturated carbocycles. The van der Waals surface area contributed by atoms with Crippen molar-refractivity contribution in [3.63, 3.8) is 0 Å². The molecule has 3 N–H and O–H groups in total. The molecule has 1 saturated heterocycles. The first-order valence-corrected chi connectivity index (χ1v) is 8.46. The van der Waals surface area contributed by atoms with Crippen LogP contribution in [0.5, 0.6) is 0 Å². The van der Waals surface area contributed by atoms with E-state index in [9.17, 15) is 8.42 Å². The number of nitrogens with one attached hydrogen (secondary N) is 1. The molecule has 0 aromatic carbocycles. The summed E-state index contributed by atoms with van der Waals surface area (Å²) in [5.41, 5.74) is 8.81. The highest BCUT2D eigenvalue weighted by molar-refractivity contribution is 7.91. The lowest BCUT2D eigenvalue weighted by molar-refractivity contribution is 0.273. The van der Waals surface area contributed by atoms with E-state index in [1.54, 1.807) is 6.92 Å². The molecule has 0 bridgehead atoms. The Kier molecular flexibility index (Phi) is 4.08. The van der Waals surface area contributed by atoms with Gasteiger partial charge in [-0.3, -0.25) is 0 Å². The number of nitrogens with two attached hydrogens (primary N) is 1. The highest BCUT2D eigenvalue weighted by atomic mass is 32.2. The molecule has 18 heavy (non-hydrogen) atoms. The first kappa shape index (κ1) is 13.6. The Morgan fingerprint density at radius 3 is 2.67 bits per heavy atom. The number of anilines is 2. The molecule has 2 rings (SSSR count). The molecule has 1 aromatic heterocycles. The molecule has 0 spiro atoms. The van der Waals surface area contributed by atoms with Crippen LogP contribution >= 0.6 is 11.5 Å². The van der Waals surface area contributed by atoms with Gasteiger partial charge in [0, 0.05) is 13.1 Å². The van der Waals surface area contributed by atoms with Gasteiger partial charge in [0.15, 0.2) is 15.7 Å². The molecule has 0 aliphatic carbocycles. The summed E-state index contributed by atoms with van der Waals surface area (Å²) in [5.74, 6) is 0.131. The number of nitrogens with zero attached hydrogens (tertiary/aromatic N) is 2. The van der Waals surface area contributed by atoms with Crippen molar-refractivity contribution in [2.24, 2.45) is 0 Å². The molecule has 102 valence electrons. The first-order valence-electron chi connectivity index (χ1n) is 6.04. The van der Waals surface area contributed by atoms with E-state index in [1.807, 2.05) is 5.01 Å². The zero-order chi connectivity index (χ0) is 13.2. The average Bonchev–Trinajstić information content (AvgIpc) is 2.72. The highest BCUT2D eigenvalue weighted by Crippen LogP contribution is 2.32. The monoisotopic (exact) mass is 290 g/mol. The number of piperidine rings is 1. The third-order valence-corrected chi connectivity index (χ3v) is 5.67. The van der Waals surface area contributed by atoms with Gasteiger partial charge < -0.3 is 11.2 Å². The lowest BCUT2D eigenvalue weighted by atomic mass is 10.2. The van der Waals surface area contributed by atoms with Crippen LogP contribution in [0.3, 0.4) is 0 Å². The summed E-state index contributed by atoms with van der Waals surface area (Å²) in [4.78, 5) is 0.153. The molecule has 6 nitrogen and oxygen atoms in total. The summed E-state index contributed by atoms with van der Waals surface area (Å²) in [6, 6.07) is 0. The standard InChI is InChI=1S/C10H18N4O2S2/c1-2-18(15,16)8-9(11)13-17-10(8)12-14-6-4-3-5-7-14/h12H,2-7H2,1H3,(H2,11,13). The molecule has 0 amide bonds. The van der Waals surface area contributed by atoms with Crippen LogP contribution < -0.4 is 11.2 Å². The minimum Gasteiger partial charge on any atom is -0.382 e. The van der Waals surface area contributed by atoms with E-state index in [0.29, 0.717) is 5.00 Å². The SMILES string of the molecule is CCS(=O)(=O)c1c(N)nsc1NN1CCCCC1. The number of nitrogen functional groups attached to an aromatic ring is 1. The van der Waals surface area contributed by atoms with Crippen molar-refractivity contribution in [1.82, 2.24) is 9.38 Å². The number of hydrogen-bond acceptors (Lipinski definition) is 7. The van der Waals surface area contributed by atoms with E-state index in [2.05, 4.69) is 9.80 Å². The predicted molar refractivity (Wildman–Crippen MR) is 73.3 cm³/mol. The van der Waals surface area contributed by atoms with Crippen molar-refractivity contribution in [1.29, 1.82) is 0 Å². The van der Waals surface area contributed by atoms with Crippen molar-refractivity contribution in [2.45, 2.75) is 31.1 Å². The zero-order valence-electron chi connectivity index (χ0n) is 10.3. The van der Waals surface area contributed by atoms with Crippen molar-refractivity contribution in [3.05, 3.63) is 0 Å². The van der Waals surface area contributed by atoms with Crippen LogP contribution in [0.4, 0.5) is 10.8 Å². The van der Waals surface area contributed by atoms with Gasteiger partial charge in [0.05, 0.1) is 5.75 Å². The number of aromatic nitrogens is 1. The van der Waals surface area contributed by atoms with E-state index in [0.717, 1.165) is 37.5 Å². The number of hydrogen-bond donors (Lipinski definition) is 2. The topological polar surface area (TPSA) is 88.3 Å². The largest absolute Gasteiger partial charge is 0.382 e. The van der Waals surface area contributed by atoms with Crippen LogP contribution in [-0.2, 0) is 9.84 Å². The molecule has 2 heterocycles. The summed E-state index contributed by atoms with van der Waals surface area (Å²) >= 11 is 1.11. The maximum Gasteiger partial charge on any atom is 0.184 e. The Balaban J connectivity index is 2.23. The van der Waals surface area contributed by atoms with Gasteiger partial charge in [0.2, 0.25) is 0 Å². The Morgan fingerprint density at radius 2 is 2.06 bits per heavy atom. The minimum absolute atomic E-state index is 0.0320. The molecule has 0 atom stereocenters. The fraction of sp³-hybridized carbons (Fsp3) is 0.700. The number of sulfone groups is 1. The minimum atomic E-state index is -3.33. The molecular formula is C10H18N4O2S2. The molecule has 0 unspecified atom stereocenters. The maximum absolute atomic E-state index is 12.0. The number of hydrazine groups is 1. The molecule has 8 heteroatoms. The van der Waals surface area contributed by atoms with Crippen molar-refractivity contribution in [2.75, 3.05) is 30.0 Å². The summed E-state index contributed by atoms with van der Waals surface area (Å²) in [6.45, 7) is 3.45. The van der Waals surface area contributed by atoms with Gasteiger partial charge in [0.1, 0.15) is 9.90 Å². The van der Waals surface area contributed by atoms with Crippen LogP contribution in [0.2, 0.25) is 0 Å². The predicted octanol–water partition coefficient (Wildman–Crippen LogP) is 1.33. The van der Waals surface area contributed by atoms with E-state index in [1.165, 1.54) is 6.42 Å². The second kappa shape index (κ2) is 5.41. The van der Waals surface area contributed by atoms with Crippen molar-refractivity contribution < 1.29 is 8.42 Å². The van der Waals surface area contributed by atoms with Crippen LogP contribution in [0.25, 0.3) is 0 Å². The molecule has 1 aliphatic heterocycles. The van der Waals surface area contributed by atoms with E-state index >= 15 is 0 Å². The van der Waals surface area contributed by atoms with Gasteiger partial charge in [-0.2, -0.15) is 4.37 Å². The quantitative estimate of drug-likeness (QED) is 0.870. The molecular weight excluding hydrogens is 272 g/mol. The summed E-state index contributed by atoms with van der Waals surface area (Å²) in [7, 11) is -3.33. The fourth-order valence-corrected chi connectivity index (χ4v) is 4.13. The Labute approximate surface area is 111 Å². The van der Waals surface area contributed by atoms with Crippen LogP contribution in [-0.4, -0.2) is 36.6 Å². The van der Waals surface area contributed by atoms with Crippen molar-refractivity contribution >= 4 is 32.2 Å². The summed E-state index contributed by atoms with van der Waals surface area (Å²) in [6.07, 6.45) is 3.47. The first-order chi connectivity index (χ1) is 8.54. The molecule has 1 aromatic rings. The second-order valence-electron chi connectivity index (χ2n) is 4.29. The Morgan fingerprint density at radius 1 is 1.39 bits per heavy atom. The normalized spacial score (nSPS) is 17.8. The third kappa shape index (κ3) is 2.76. The van der Waals surface area contributed by atoms with Gasteiger partial charge in [-0.1, -0.05) is 13.3 Å². The highest BCUT2D eigenvalue weighted by Gasteiger charge is 2.25. The van der Waals surface area contributed by atoms with Gasteiger partial charge >= 0.3 is 0 Å². The van der Waals surface area contributed by atoms with E-state index < -0.39 is 9.84 Å². The molecule has 1 fully saturated rings. The van der Waals surface area contributed by atoms with Crippen molar-refractivity contribution in [3.8, 4) is 0 Å². The molecule has 1 aliphatic rings. The Bertz CT molecular complexity index is 506. The number of rotatable bonds is 4. The second-order valence-corrected chi connectivity index (χ2v) is 7.28. The van der Waals surface area contributed by atoms with Crippen LogP contribution in [0, 0.1) is 0 Å². The van der Waals surface area contributed by atoms with E-state index in [-0.39, 0.29) is 16.5 Å².